The summed E-state index contributed by atoms with van der Waals surface area (Å²) in [5, 5.41) is 0.0622. The van der Waals surface area contributed by atoms with Gasteiger partial charge in [0.2, 0.25) is 5.91 Å². The highest BCUT2D eigenvalue weighted by atomic mass is 35.5. The Kier molecular flexibility index (Phi) is 3.63. The molecule has 5 nitrogen and oxygen atoms in total. The average Bonchev–Trinajstić information content (AvgIpc) is 2.70. The van der Waals surface area contributed by atoms with Crippen LogP contribution in [-0.4, -0.2) is 34.5 Å². The van der Waals surface area contributed by atoms with Crippen LogP contribution >= 0.6 is 24.2 Å². The summed E-state index contributed by atoms with van der Waals surface area (Å²) in [5.41, 5.74) is 0.155. The van der Waals surface area contributed by atoms with Gasteiger partial charge in [0.25, 0.3) is 0 Å². The topological polar surface area (TPSA) is 63.2 Å². The van der Waals surface area contributed by atoms with Gasteiger partial charge >= 0.3 is 0 Å². The standard InChI is InChI=1S/C10H10ClN3O2S/c11-9-7(3-15)10(13-5-12-9)14-2-6(4-17)1-8(14)16/h3,5-6,17H,1-2,4H2. The van der Waals surface area contributed by atoms with E-state index in [0.717, 1.165) is 0 Å². The van der Waals surface area contributed by atoms with Gasteiger partial charge in [0.1, 0.15) is 11.5 Å². The van der Waals surface area contributed by atoms with Gasteiger partial charge in [-0.25, -0.2) is 9.97 Å². The van der Waals surface area contributed by atoms with E-state index in [9.17, 15) is 9.59 Å². The Hall–Kier alpha value is -1.14. The second kappa shape index (κ2) is 5.01. The van der Waals surface area contributed by atoms with Crippen molar-refractivity contribution in [2.75, 3.05) is 17.2 Å². The van der Waals surface area contributed by atoms with Crippen LogP contribution in [0.3, 0.4) is 0 Å². The van der Waals surface area contributed by atoms with Crippen molar-refractivity contribution in [3.63, 3.8) is 0 Å². The number of amides is 1. The van der Waals surface area contributed by atoms with Crippen LogP contribution in [0.4, 0.5) is 5.82 Å². The summed E-state index contributed by atoms with van der Waals surface area (Å²) in [6, 6.07) is 0. The third-order valence-corrected chi connectivity index (χ3v) is 3.47. The van der Waals surface area contributed by atoms with Gasteiger partial charge in [0.15, 0.2) is 12.1 Å². The zero-order valence-corrected chi connectivity index (χ0v) is 10.5. The van der Waals surface area contributed by atoms with Gasteiger partial charge in [-0.1, -0.05) is 11.6 Å². The van der Waals surface area contributed by atoms with Crippen LogP contribution in [0.1, 0.15) is 16.8 Å². The number of rotatable bonds is 3. The molecule has 0 bridgehead atoms. The number of carbonyl (C=O) groups is 2. The quantitative estimate of drug-likeness (QED) is 0.510. The molecule has 1 aliphatic rings. The summed E-state index contributed by atoms with van der Waals surface area (Å²) in [7, 11) is 0. The van der Waals surface area contributed by atoms with E-state index in [1.54, 1.807) is 0 Å². The lowest BCUT2D eigenvalue weighted by Gasteiger charge is -2.16. The van der Waals surface area contributed by atoms with E-state index in [-0.39, 0.29) is 28.4 Å². The van der Waals surface area contributed by atoms with E-state index in [0.29, 0.717) is 25.0 Å². The van der Waals surface area contributed by atoms with Crippen LogP contribution in [0.2, 0.25) is 5.15 Å². The fourth-order valence-electron chi connectivity index (χ4n) is 1.79. The number of aromatic nitrogens is 2. The van der Waals surface area contributed by atoms with E-state index >= 15 is 0 Å². The van der Waals surface area contributed by atoms with Crippen molar-refractivity contribution in [3.05, 3.63) is 17.0 Å². The summed E-state index contributed by atoms with van der Waals surface area (Å²) < 4.78 is 0. The maximum absolute atomic E-state index is 11.8. The van der Waals surface area contributed by atoms with Crippen LogP contribution in [0.25, 0.3) is 0 Å². The zero-order valence-electron chi connectivity index (χ0n) is 8.84. The van der Waals surface area contributed by atoms with Crippen molar-refractivity contribution in [3.8, 4) is 0 Å². The van der Waals surface area contributed by atoms with Crippen LogP contribution in [0.15, 0.2) is 6.33 Å². The molecule has 2 rings (SSSR count). The molecule has 0 spiro atoms. The minimum Gasteiger partial charge on any atom is -0.298 e. The molecule has 1 atom stereocenters. The predicted octanol–water partition coefficient (Wildman–Crippen LogP) is 1.23. The van der Waals surface area contributed by atoms with E-state index in [4.69, 9.17) is 11.6 Å². The van der Waals surface area contributed by atoms with Crippen LogP contribution < -0.4 is 4.90 Å². The number of nitrogens with zero attached hydrogens (tertiary/aromatic N) is 3. The SMILES string of the molecule is O=Cc1c(Cl)ncnc1N1CC(CS)CC1=O. The van der Waals surface area contributed by atoms with E-state index in [1.807, 2.05) is 0 Å². The molecule has 1 saturated heterocycles. The monoisotopic (exact) mass is 271 g/mol. The lowest BCUT2D eigenvalue weighted by Crippen LogP contribution is -2.27. The highest BCUT2D eigenvalue weighted by Crippen LogP contribution is 2.28. The Bertz CT molecular complexity index is 469. The maximum atomic E-state index is 11.8. The maximum Gasteiger partial charge on any atom is 0.228 e. The lowest BCUT2D eigenvalue weighted by atomic mass is 10.1. The van der Waals surface area contributed by atoms with Crippen LogP contribution in [0, 0.1) is 5.92 Å². The van der Waals surface area contributed by atoms with Gasteiger partial charge in [-0.15, -0.1) is 0 Å². The highest BCUT2D eigenvalue weighted by molar-refractivity contribution is 7.80. The third kappa shape index (κ3) is 2.28. The Labute approximate surface area is 109 Å². The van der Waals surface area contributed by atoms with Crippen molar-refractivity contribution in [2.24, 2.45) is 5.92 Å². The summed E-state index contributed by atoms with van der Waals surface area (Å²) in [4.78, 5) is 31.9. The fraction of sp³-hybridized carbons (Fsp3) is 0.400. The first kappa shape index (κ1) is 12.3. The van der Waals surface area contributed by atoms with E-state index < -0.39 is 0 Å². The molecule has 0 aliphatic carbocycles. The largest absolute Gasteiger partial charge is 0.298 e. The van der Waals surface area contributed by atoms with Crippen LogP contribution in [0.5, 0.6) is 0 Å². The third-order valence-electron chi connectivity index (χ3n) is 2.65. The van der Waals surface area contributed by atoms with Gasteiger partial charge < -0.3 is 0 Å². The van der Waals surface area contributed by atoms with Crippen molar-refractivity contribution in [1.82, 2.24) is 9.97 Å². The normalized spacial score (nSPS) is 19.8. The predicted molar refractivity (Wildman–Crippen MR) is 66.7 cm³/mol. The molecular formula is C10H10ClN3O2S. The molecule has 1 fully saturated rings. The molecule has 1 aliphatic heterocycles. The molecular weight excluding hydrogens is 262 g/mol. The van der Waals surface area contributed by atoms with Gasteiger partial charge in [-0.2, -0.15) is 12.6 Å². The first-order chi connectivity index (χ1) is 8.17. The number of anilines is 1. The number of aldehydes is 1. The van der Waals surface area contributed by atoms with Crippen molar-refractivity contribution >= 4 is 42.2 Å². The molecule has 2 heterocycles. The molecule has 17 heavy (non-hydrogen) atoms. The Balaban J connectivity index is 2.38. The molecule has 1 amide bonds. The second-order valence-electron chi connectivity index (χ2n) is 3.78. The molecule has 1 aromatic heterocycles. The lowest BCUT2D eigenvalue weighted by molar-refractivity contribution is -0.117. The van der Waals surface area contributed by atoms with Gasteiger partial charge in [0.05, 0.1) is 5.56 Å². The number of carbonyl (C=O) groups excluding carboxylic acids is 2. The van der Waals surface area contributed by atoms with Gasteiger partial charge in [-0.3, -0.25) is 14.5 Å². The second-order valence-corrected chi connectivity index (χ2v) is 4.50. The van der Waals surface area contributed by atoms with Gasteiger partial charge in [0, 0.05) is 13.0 Å². The number of hydrogen-bond donors (Lipinski definition) is 1. The number of hydrogen-bond acceptors (Lipinski definition) is 5. The van der Waals surface area contributed by atoms with Gasteiger partial charge in [-0.05, 0) is 11.7 Å². The first-order valence-electron chi connectivity index (χ1n) is 5.04. The van der Waals surface area contributed by atoms with E-state index in [1.165, 1.54) is 11.2 Å². The average molecular weight is 272 g/mol. The molecule has 0 N–H and O–H groups in total. The molecule has 0 radical (unpaired) electrons. The summed E-state index contributed by atoms with van der Waals surface area (Å²) >= 11 is 9.96. The zero-order chi connectivity index (χ0) is 12.4. The Morgan fingerprint density at radius 3 is 2.94 bits per heavy atom. The molecule has 1 unspecified atom stereocenters. The molecule has 90 valence electrons. The fourth-order valence-corrected chi connectivity index (χ4v) is 2.21. The van der Waals surface area contributed by atoms with Crippen molar-refractivity contribution in [2.45, 2.75) is 6.42 Å². The number of halogens is 1. The Morgan fingerprint density at radius 2 is 2.35 bits per heavy atom. The highest BCUT2D eigenvalue weighted by Gasteiger charge is 2.32. The summed E-state index contributed by atoms with van der Waals surface area (Å²) in [6.45, 7) is 0.510. The summed E-state index contributed by atoms with van der Waals surface area (Å²) in [6.07, 6.45) is 2.23. The molecule has 1 aromatic rings. The smallest absolute Gasteiger partial charge is 0.228 e. The van der Waals surface area contributed by atoms with Crippen LogP contribution in [-0.2, 0) is 4.79 Å². The summed E-state index contributed by atoms with van der Waals surface area (Å²) in [5.74, 6) is 1.02. The first-order valence-corrected chi connectivity index (χ1v) is 6.05. The molecule has 0 saturated carbocycles. The Morgan fingerprint density at radius 1 is 1.59 bits per heavy atom. The van der Waals surface area contributed by atoms with Crippen molar-refractivity contribution < 1.29 is 9.59 Å². The van der Waals surface area contributed by atoms with E-state index in [2.05, 4.69) is 22.6 Å². The van der Waals surface area contributed by atoms with Crippen molar-refractivity contribution in [1.29, 1.82) is 0 Å². The minimum absolute atomic E-state index is 0.0622. The molecule has 7 heteroatoms. The number of thiol groups is 1. The minimum atomic E-state index is -0.0677. The molecule has 0 aromatic carbocycles.